The molecule has 2 rings (SSSR count). The Morgan fingerprint density at radius 3 is 2.57 bits per heavy atom. The monoisotopic (exact) mass is 320 g/mol. The molecule has 0 radical (unpaired) electrons. The number of anilines is 2. The summed E-state index contributed by atoms with van der Waals surface area (Å²) >= 11 is 12.5. The smallest absolute Gasteiger partial charge is 0.0749 e. The lowest BCUT2D eigenvalue weighted by atomic mass is 10.2. The summed E-state index contributed by atoms with van der Waals surface area (Å²) in [6.07, 6.45) is 3.86. The summed E-state index contributed by atoms with van der Waals surface area (Å²) in [6, 6.07) is 9.28. The van der Waals surface area contributed by atoms with Crippen LogP contribution in [0.3, 0.4) is 0 Å². The minimum atomic E-state index is 0.372. The zero-order valence-electron chi connectivity index (χ0n) is 11.3. The summed E-state index contributed by atoms with van der Waals surface area (Å²) in [5.41, 5.74) is 7.94. The number of hydrogen-bond donors (Lipinski definition) is 1. The summed E-state index contributed by atoms with van der Waals surface area (Å²) < 4.78 is 0. The second-order valence-corrected chi connectivity index (χ2v) is 5.34. The largest absolute Gasteiger partial charge is 0.399 e. The van der Waals surface area contributed by atoms with E-state index in [0.29, 0.717) is 40.9 Å². The number of halogens is 2. The molecule has 0 fully saturated rings. The maximum absolute atomic E-state index is 8.84. The van der Waals surface area contributed by atoms with Crippen molar-refractivity contribution in [2.24, 2.45) is 0 Å². The van der Waals surface area contributed by atoms with E-state index in [4.69, 9.17) is 34.2 Å². The van der Waals surface area contributed by atoms with Crippen LogP contribution in [0, 0.1) is 11.3 Å². The number of benzene rings is 1. The molecule has 0 atom stereocenters. The molecule has 6 heteroatoms. The van der Waals surface area contributed by atoms with E-state index in [9.17, 15) is 0 Å². The van der Waals surface area contributed by atoms with Crippen LogP contribution in [-0.4, -0.2) is 11.5 Å². The average Bonchev–Trinajstić information content (AvgIpc) is 2.44. The molecule has 0 saturated heterocycles. The highest BCUT2D eigenvalue weighted by Gasteiger charge is 2.15. The molecule has 1 aromatic heterocycles. The van der Waals surface area contributed by atoms with Gasteiger partial charge < -0.3 is 10.6 Å². The molecule has 1 aromatic carbocycles. The Morgan fingerprint density at radius 1 is 1.29 bits per heavy atom. The molecule has 2 N–H and O–H groups in total. The molecule has 0 saturated carbocycles. The Hall–Kier alpha value is -1.96. The van der Waals surface area contributed by atoms with Crippen LogP contribution in [0.15, 0.2) is 36.7 Å². The van der Waals surface area contributed by atoms with Crippen molar-refractivity contribution in [1.82, 2.24) is 4.98 Å². The fraction of sp³-hybridized carbons (Fsp3) is 0.200. The predicted molar refractivity (Wildman–Crippen MR) is 86.4 cm³/mol. The molecule has 0 aliphatic heterocycles. The van der Waals surface area contributed by atoms with E-state index in [1.54, 1.807) is 24.5 Å². The van der Waals surface area contributed by atoms with Crippen molar-refractivity contribution in [3.8, 4) is 6.07 Å². The van der Waals surface area contributed by atoms with Crippen LogP contribution in [-0.2, 0) is 6.54 Å². The lowest BCUT2D eigenvalue weighted by Gasteiger charge is -2.26. The van der Waals surface area contributed by atoms with Gasteiger partial charge in [-0.2, -0.15) is 5.26 Å². The Kier molecular flexibility index (Phi) is 5.26. The van der Waals surface area contributed by atoms with Gasteiger partial charge in [0.2, 0.25) is 0 Å². The Morgan fingerprint density at radius 2 is 2.00 bits per heavy atom. The van der Waals surface area contributed by atoms with Crippen molar-refractivity contribution in [1.29, 1.82) is 5.26 Å². The lowest BCUT2D eigenvalue weighted by Crippen LogP contribution is -2.24. The van der Waals surface area contributed by atoms with Gasteiger partial charge in [-0.3, -0.25) is 4.98 Å². The van der Waals surface area contributed by atoms with Crippen molar-refractivity contribution < 1.29 is 0 Å². The van der Waals surface area contributed by atoms with Crippen LogP contribution in [0.5, 0.6) is 0 Å². The molecule has 108 valence electrons. The molecule has 0 aliphatic carbocycles. The van der Waals surface area contributed by atoms with E-state index in [1.165, 1.54) is 0 Å². The maximum atomic E-state index is 8.84. The first kappa shape index (κ1) is 15.4. The molecule has 1 heterocycles. The van der Waals surface area contributed by atoms with E-state index in [2.05, 4.69) is 11.1 Å². The molecule has 0 bridgehead atoms. The molecule has 0 amide bonds. The summed E-state index contributed by atoms with van der Waals surface area (Å²) in [6.45, 7) is 1.09. The van der Waals surface area contributed by atoms with E-state index in [-0.39, 0.29) is 0 Å². The minimum Gasteiger partial charge on any atom is -0.399 e. The molecular formula is C15H14Cl2N4. The van der Waals surface area contributed by atoms with Gasteiger partial charge in [-0.15, -0.1) is 0 Å². The van der Waals surface area contributed by atoms with Crippen molar-refractivity contribution in [2.45, 2.75) is 13.0 Å². The Balaban J connectivity index is 2.34. The number of pyridine rings is 1. The quantitative estimate of drug-likeness (QED) is 0.849. The highest BCUT2D eigenvalue weighted by atomic mass is 35.5. The van der Waals surface area contributed by atoms with Crippen LogP contribution in [0.25, 0.3) is 0 Å². The molecule has 2 aromatic rings. The van der Waals surface area contributed by atoms with Crippen LogP contribution >= 0.6 is 23.2 Å². The standard InChI is InChI=1S/C15H14Cl2N4/c16-13-7-12(19)8-14(17)15(13)21(6-2-4-18)10-11-3-1-5-20-9-11/h1,3,5,7-9H,2,6,10,19H2. The molecule has 21 heavy (non-hydrogen) atoms. The first-order valence-corrected chi connectivity index (χ1v) is 7.12. The zero-order valence-corrected chi connectivity index (χ0v) is 12.8. The normalized spacial score (nSPS) is 10.1. The number of aromatic nitrogens is 1. The Labute approximate surface area is 133 Å². The number of nitrogens with two attached hydrogens (primary N) is 1. The first-order valence-electron chi connectivity index (χ1n) is 6.37. The molecular weight excluding hydrogens is 307 g/mol. The third-order valence-corrected chi connectivity index (χ3v) is 3.52. The number of nitriles is 1. The van der Waals surface area contributed by atoms with Crippen molar-refractivity contribution >= 4 is 34.6 Å². The molecule has 0 spiro atoms. The summed E-state index contributed by atoms with van der Waals surface area (Å²) in [4.78, 5) is 6.06. The van der Waals surface area contributed by atoms with Gasteiger partial charge >= 0.3 is 0 Å². The predicted octanol–water partition coefficient (Wildman–Crippen LogP) is 3.89. The van der Waals surface area contributed by atoms with Crippen LogP contribution in [0.4, 0.5) is 11.4 Å². The fourth-order valence-electron chi connectivity index (χ4n) is 2.05. The zero-order chi connectivity index (χ0) is 15.2. The van der Waals surface area contributed by atoms with Gasteiger partial charge in [0, 0.05) is 31.2 Å². The SMILES string of the molecule is N#CCCN(Cc1cccnc1)c1c(Cl)cc(N)cc1Cl. The second-order valence-electron chi connectivity index (χ2n) is 4.52. The first-order chi connectivity index (χ1) is 10.1. The Bertz CT molecular complexity index is 629. The number of hydrogen-bond acceptors (Lipinski definition) is 4. The van der Waals surface area contributed by atoms with Gasteiger partial charge in [-0.05, 0) is 23.8 Å². The molecule has 0 unspecified atom stereocenters. The molecule has 0 aliphatic rings. The third-order valence-electron chi connectivity index (χ3n) is 2.95. The van der Waals surface area contributed by atoms with Gasteiger partial charge in [-0.1, -0.05) is 29.3 Å². The average molecular weight is 321 g/mol. The van der Waals surface area contributed by atoms with Crippen LogP contribution < -0.4 is 10.6 Å². The topological polar surface area (TPSA) is 65.9 Å². The van der Waals surface area contributed by atoms with Gasteiger partial charge in [0.15, 0.2) is 0 Å². The summed E-state index contributed by atoms with van der Waals surface area (Å²) in [7, 11) is 0. The molecule has 4 nitrogen and oxygen atoms in total. The second kappa shape index (κ2) is 7.16. The number of nitrogen functional groups attached to an aromatic ring is 1. The van der Waals surface area contributed by atoms with Gasteiger partial charge in [0.05, 0.1) is 28.2 Å². The van der Waals surface area contributed by atoms with Gasteiger partial charge in [0.1, 0.15) is 0 Å². The highest BCUT2D eigenvalue weighted by Crippen LogP contribution is 2.36. The van der Waals surface area contributed by atoms with Crippen LogP contribution in [0.2, 0.25) is 10.0 Å². The summed E-state index contributed by atoms with van der Waals surface area (Å²) in [5, 5.41) is 9.78. The highest BCUT2D eigenvalue weighted by molar-refractivity contribution is 6.39. The van der Waals surface area contributed by atoms with E-state index >= 15 is 0 Å². The van der Waals surface area contributed by atoms with Crippen molar-refractivity contribution in [3.63, 3.8) is 0 Å². The lowest BCUT2D eigenvalue weighted by molar-refractivity contribution is 0.795. The fourth-order valence-corrected chi connectivity index (χ4v) is 2.80. The summed E-state index contributed by atoms with van der Waals surface area (Å²) in [5.74, 6) is 0. The third kappa shape index (κ3) is 4.01. The van der Waals surface area contributed by atoms with E-state index in [1.807, 2.05) is 17.0 Å². The van der Waals surface area contributed by atoms with Gasteiger partial charge in [-0.25, -0.2) is 0 Å². The van der Waals surface area contributed by atoms with E-state index < -0.39 is 0 Å². The number of nitrogens with zero attached hydrogens (tertiary/aromatic N) is 3. The van der Waals surface area contributed by atoms with Crippen LogP contribution in [0.1, 0.15) is 12.0 Å². The van der Waals surface area contributed by atoms with Crippen molar-refractivity contribution in [3.05, 3.63) is 52.3 Å². The van der Waals surface area contributed by atoms with Gasteiger partial charge in [0.25, 0.3) is 0 Å². The number of rotatable bonds is 5. The van der Waals surface area contributed by atoms with E-state index in [0.717, 1.165) is 5.56 Å². The maximum Gasteiger partial charge on any atom is 0.0749 e. The minimum absolute atomic E-state index is 0.372. The van der Waals surface area contributed by atoms with Crippen molar-refractivity contribution in [2.75, 3.05) is 17.2 Å².